The van der Waals surface area contributed by atoms with Gasteiger partial charge in [0.25, 0.3) is 0 Å². The number of carbonyl (C=O) groups is 1. The summed E-state index contributed by atoms with van der Waals surface area (Å²) in [5.74, 6) is -0.454. The molecule has 0 heterocycles. The molecule has 1 aromatic rings. The largest absolute Gasteiger partial charge is 0.396 e. The van der Waals surface area contributed by atoms with Gasteiger partial charge in [0, 0.05) is 13.2 Å². The Hall–Kier alpha value is -1.33. The van der Waals surface area contributed by atoms with Crippen molar-refractivity contribution in [2.75, 3.05) is 18.5 Å². The van der Waals surface area contributed by atoms with E-state index in [1.165, 1.54) is 12.1 Å². The Bertz CT molecular complexity index is 479. The van der Waals surface area contributed by atoms with Crippen molar-refractivity contribution >= 4 is 23.3 Å². The number of rotatable bonds is 7. The summed E-state index contributed by atoms with van der Waals surface area (Å²) in [6.45, 7) is 4.63. The number of nitrogens with one attached hydrogen (secondary N) is 2. The molecule has 0 radical (unpaired) electrons. The minimum atomic E-state index is -0.454. The molecule has 4 nitrogen and oxygen atoms in total. The zero-order valence-electron chi connectivity index (χ0n) is 12.4. The van der Waals surface area contributed by atoms with Gasteiger partial charge in [-0.25, -0.2) is 9.18 Å². The number of urea groups is 1. The van der Waals surface area contributed by atoms with Crippen LogP contribution >= 0.6 is 11.6 Å². The number of benzene rings is 1. The molecule has 0 aliphatic heterocycles. The average Bonchev–Trinajstić information content (AvgIpc) is 2.46. The van der Waals surface area contributed by atoms with Crippen LogP contribution in [-0.4, -0.2) is 24.3 Å². The van der Waals surface area contributed by atoms with Gasteiger partial charge in [0.05, 0.1) is 10.7 Å². The molecule has 6 heteroatoms. The average molecular weight is 317 g/mol. The molecule has 0 unspecified atom stereocenters. The molecule has 2 amide bonds. The fraction of sp³-hybridized carbons (Fsp3) is 0.533. The van der Waals surface area contributed by atoms with Crippen LogP contribution in [0.25, 0.3) is 0 Å². The Kier molecular flexibility index (Phi) is 6.92. The van der Waals surface area contributed by atoms with Crippen LogP contribution in [0.1, 0.15) is 33.1 Å². The van der Waals surface area contributed by atoms with Gasteiger partial charge in [0.2, 0.25) is 0 Å². The minimum absolute atomic E-state index is 0.0920. The topological polar surface area (TPSA) is 61.4 Å². The maximum atomic E-state index is 12.9. The van der Waals surface area contributed by atoms with Gasteiger partial charge >= 0.3 is 6.03 Å². The molecule has 118 valence electrons. The fourth-order valence-corrected chi connectivity index (χ4v) is 2.42. The van der Waals surface area contributed by atoms with Crippen molar-refractivity contribution in [2.45, 2.75) is 33.1 Å². The quantitative estimate of drug-likeness (QED) is 0.716. The van der Waals surface area contributed by atoms with E-state index in [2.05, 4.69) is 10.6 Å². The molecule has 3 N–H and O–H groups in total. The fourth-order valence-electron chi connectivity index (χ4n) is 2.20. The first-order valence-electron chi connectivity index (χ1n) is 7.07. The van der Waals surface area contributed by atoms with Crippen LogP contribution in [0.5, 0.6) is 0 Å². The zero-order chi connectivity index (χ0) is 15.9. The lowest BCUT2D eigenvalue weighted by Crippen LogP contribution is -2.39. The first-order valence-corrected chi connectivity index (χ1v) is 7.45. The molecule has 0 atom stereocenters. The van der Waals surface area contributed by atoms with Crippen LogP contribution in [0.15, 0.2) is 18.2 Å². The van der Waals surface area contributed by atoms with Crippen LogP contribution in [-0.2, 0) is 0 Å². The van der Waals surface area contributed by atoms with Crippen molar-refractivity contribution < 1.29 is 14.3 Å². The molecular weight excluding hydrogens is 295 g/mol. The maximum absolute atomic E-state index is 12.9. The normalized spacial score (nSPS) is 11.3. The molecule has 1 aromatic carbocycles. The molecule has 0 aromatic heterocycles. The van der Waals surface area contributed by atoms with Crippen molar-refractivity contribution in [1.82, 2.24) is 5.32 Å². The van der Waals surface area contributed by atoms with Gasteiger partial charge in [-0.3, -0.25) is 0 Å². The molecule has 0 aliphatic carbocycles. The molecule has 0 saturated carbocycles. The summed E-state index contributed by atoms with van der Waals surface area (Å²) < 4.78 is 12.9. The summed E-state index contributed by atoms with van der Waals surface area (Å²) in [4.78, 5) is 11.9. The number of hydrogen-bond donors (Lipinski definition) is 3. The van der Waals surface area contributed by atoms with Crippen molar-refractivity contribution in [1.29, 1.82) is 0 Å². The van der Waals surface area contributed by atoms with Crippen LogP contribution in [0.4, 0.5) is 14.9 Å². The van der Waals surface area contributed by atoms with Gasteiger partial charge < -0.3 is 15.7 Å². The highest BCUT2D eigenvalue weighted by atomic mass is 35.5. The Morgan fingerprint density at radius 1 is 1.38 bits per heavy atom. The van der Waals surface area contributed by atoms with Crippen LogP contribution in [0.2, 0.25) is 5.02 Å². The Morgan fingerprint density at radius 3 is 2.57 bits per heavy atom. The smallest absolute Gasteiger partial charge is 0.319 e. The van der Waals surface area contributed by atoms with Crippen LogP contribution < -0.4 is 10.6 Å². The first-order chi connectivity index (χ1) is 9.96. The monoisotopic (exact) mass is 316 g/mol. The number of amides is 2. The predicted octanol–water partition coefficient (Wildman–Crippen LogP) is 3.79. The molecule has 0 aliphatic rings. The maximum Gasteiger partial charge on any atom is 0.319 e. The Labute approximate surface area is 129 Å². The van der Waals surface area contributed by atoms with Crippen molar-refractivity contribution in [3.05, 3.63) is 29.0 Å². The number of halogens is 2. The van der Waals surface area contributed by atoms with Gasteiger partial charge in [-0.1, -0.05) is 25.4 Å². The number of anilines is 1. The summed E-state index contributed by atoms with van der Waals surface area (Å²) in [5.41, 5.74) is 0.245. The molecule has 21 heavy (non-hydrogen) atoms. The van der Waals surface area contributed by atoms with E-state index in [1.54, 1.807) is 0 Å². The van der Waals surface area contributed by atoms with Gasteiger partial charge in [0.1, 0.15) is 5.82 Å². The summed E-state index contributed by atoms with van der Waals surface area (Å²) in [6, 6.07) is 3.39. The second-order valence-electron chi connectivity index (χ2n) is 5.11. The standard InChI is InChI=1S/C15H22ClFN2O2/c1-3-15(4-2,7-8-20)10-18-14(21)19-13-6-5-11(17)9-12(13)16/h5-6,9,20H,3-4,7-8,10H2,1-2H3,(H2,18,19,21). The number of aliphatic hydroxyl groups is 1. The van der Waals surface area contributed by atoms with Gasteiger partial charge in [0.15, 0.2) is 0 Å². The number of hydrogen-bond acceptors (Lipinski definition) is 2. The second-order valence-corrected chi connectivity index (χ2v) is 5.52. The molecular formula is C15H22ClFN2O2. The third-order valence-corrected chi connectivity index (χ3v) is 4.26. The molecule has 0 fully saturated rings. The lowest BCUT2D eigenvalue weighted by Gasteiger charge is -2.31. The highest BCUT2D eigenvalue weighted by Gasteiger charge is 2.26. The highest BCUT2D eigenvalue weighted by molar-refractivity contribution is 6.33. The van der Waals surface area contributed by atoms with Crippen LogP contribution in [0, 0.1) is 11.2 Å². The van der Waals surface area contributed by atoms with E-state index >= 15 is 0 Å². The minimum Gasteiger partial charge on any atom is -0.396 e. The van der Waals surface area contributed by atoms with Gasteiger partial charge in [-0.05, 0) is 42.9 Å². The highest BCUT2D eigenvalue weighted by Crippen LogP contribution is 2.29. The summed E-state index contributed by atoms with van der Waals surface area (Å²) in [6.07, 6.45) is 2.36. The predicted molar refractivity (Wildman–Crippen MR) is 83.1 cm³/mol. The van der Waals surface area contributed by atoms with Gasteiger partial charge in [-0.15, -0.1) is 0 Å². The van der Waals surface area contributed by atoms with Crippen LogP contribution in [0.3, 0.4) is 0 Å². The van der Waals surface area contributed by atoms with E-state index in [9.17, 15) is 9.18 Å². The van der Waals surface area contributed by atoms with E-state index in [0.717, 1.165) is 18.9 Å². The number of carbonyl (C=O) groups excluding carboxylic acids is 1. The third kappa shape index (κ3) is 5.17. The Balaban J connectivity index is 2.60. The lowest BCUT2D eigenvalue weighted by atomic mass is 9.79. The Morgan fingerprint density at radius 2 is 2.05 bits per heavy atom. The SMILES string of the molecule is CCC(CC)(CCO)CNC(=O)Nc1ccc(F)cc1Cl. The molecule has 0 saturated heterocycles. The van der Waals surface area contributed by atoms with E-state index in [4.69, 9.17) is 16.7 Å². The molecule has 0 bridgehead atoms. The van der Waals surface area contributed by atoms with Crippen molar-refractivity contribution in [2.24, 2.45) is 5.41 Å². The van der Waals surface area contributed by atoms with E-state index < -0.39 is 11.8 Å². The molecule has 0 spiro atoms. The van der Waals surface area contributed by atoms with E-state index in [1.807, 2.05) is 13.8 Å². The van der Waals surface area contributed by atoms with E-state index in [-0.39, 0.29) is 17.0 Å². The summed E-state index contributed by atoms with van der Waals surface area (Å²) in [7, 11) is 0. The van der Waals surface area contributed by atoms with Gasteiger partial charge in [-0.2, -0.15) is 0 Å². The van der Waals surface area contributed by atoms with Crippen molar-refractivity contribution in [3.8, 4) is 0 Å². The lowest BCUT2D eigenvalue weighted by molar-refractivity contribution is 0.165. The second kappa shape index (κ2) is 8.20. The summed E-state index contributed by atoms with van der Waals surface area (Å²) in [5, 5.41) is 14.7. The number of aliphatic hydroxyl groups excluding tert-OH is 1. The molecule has 1 rings (SSSR count). The van der Waals surface area contributed by atoms with Crippen molar-refractivity contribution in [3.63, 3.8) is 0 Å². The third-order valence-electron chi connectivity index (χ3n) is 3.95. The zero-order valence-corrected chi connectivity index (χ0v) is 13.1. The first kappa shape index (κ1) is 17.7. The summed E-state index contributed by atoms with van der Waals surface area (Å²) >= 11 is 5.85. The van der Waals surface area contributed by atoms with E-state index in [0.29, 0.717) is 18.7 Å².